The summed E-state index contributed by atoms with van der Waals surface area (Å²) in [4.78, 5) is 12.7. The Hall–Kier alpha value is -0.920. The maximum atomic E-state index is 12.9. The predicted octanol–water partition coefficient (Wildman–Crippen LogP) is 2.91. The van der Waals surface area contributed by atoms with E-state index in [-0.39, 0.29) is 16.8 Å². The van der Waals surface area contributed by atoms with E-state index in [1.807, 2.05) is 13.8 Å². The molecule has 1 heterocycles. The van der Waals surface area contributed by atoms with Crippen molar-refractivity contribution in [3.63, 3.8) is 0 Å². The van der Waals surface area contributed by atoms with Crippen molar-refractivity contribution in [1.82, 2.24) is 9.62 Å². The second-order valence-corrected chi connectivity index (χ2v) is 8.71. The van der Waals surface area contributed by atoms with Crippen molar-refractivity contribution in [2.75, 3.05) is 6.54 Å². The Kier molecular flexibility index (Phi) is 6.22. The smallest absolute Gasteiger partial charge is 0.243 e. The molecule has 23 heavy (non-hydrogen) atoms. The number of nitrogens with zero attached hydrogens (tertiary/aromatic N) is 1. The monoisotopic (exact) mass is 402 g/mol. The molecule has 2 atom stereocenters. The minimum atomic E-state index is -3.66. The molecule has 0 bridgehead atoms. The first kappa shape index (κ1) is 18.4. The highest BCUT2D eigenvalue weighted by atomic mass is 79.9. The van der Waals surface area contributed by atoms with Crippen LogP contribution >= 0.6 is 15.9 Å². The van der Waals surface area contributed by atoms with E-state index in [4.69, 9.17) is 0 Å². The molecule has 1 N–H and O–H groups in total. The molecule has 2 rings (SSSR count). The number of benzene rings is 1. The van der Waals surface area contributed by atoms with Crippen molar-refractivity contribution in [3.8, 4) is 0 Å². The Balaban J connectivity index is 2.26. The summed E-state index contributed by atoms with van der Waals surface area (Å²) >= 11 is 3.31. The average molecular weight is 403 g/mol. The summed E-state index contributed by atoms with van der Waals surface area (Å²) in [5.74, 6) is -0.195. The molecule has 1 aromatic rings. The van der Waals surface area contributed by atoms with Gasteiger partial charge in [0.2, 0.25) is 15.9 Å². The van der Waals surface area contributed by atoms with Gasteiger partial charge in [0.25, 0.3) is 0 Å². The molecule has 7 heteroatoms. The topological polar surface area (TPSA) is 66.5 Å². The molecule has 1 amide bonds. The first-order chi connectivity index (χ1) is 10.9. The van der Waals surface area contributed by atoms with Gasteiger partial charge in [-0.3, -0.25) is 4.79 Å². The van der Waals surface area contributed by atoms with Gasteiger partial charge in [0, 0.05) is 17.1 Å². The van der Waals surface area contributed by atoms with Crippen molar-refractivity contribution < 1.29 is 13.2 Å². The summed E-state index contributed by atoms with van der Waals surface area (Å²) in [6.07, 6.45) is 3.03. The van der Waals surface area contributed by atoms with Crippen LogP contribution in [0.15, 0.2) is 33.6 Å². The molecule has 0 spiro atoms. The molecule has 0 aromatic heterocycles. The Labute approximate surface area is 146 Å². The molecule has 0 saturated carbocycles. The Morgan fingerprint density at radius 2 is 2.00 bits per heavy atom. The van der Waals surface area contributed by atoms with Crippen molar-refractivity contribution in [2.24, 2.45) is 0 Å². The number of carbonyl (C=O) groups excluding carboxylic acids is 1. The lowest BCUT2D eigenvalue weighted by Gasteiger charge is -2.34. The van der Waals surface area contributed by atoms with E-state index in [1.54, 1.807) is 24.3 Å². The number of hydrogen-bond acceptors (Lipinski definition) is 3. The molecule has 5 nitrogen and oxygen atoms in total. The standard InChI is InChI=1S/C16H23BrN2O3S/c1-3-12(2)18-16(20)15-6-4-5-11-19(15)23(21,22)14-9-7-13(17)8-10-14/h7-10,12,15H,3-6,11H2,1-2H3,(H,18,20). The van der Waals surface area contributed by atoms with Gasteiger partial charge in [-0.15, -0.1) is 0 Å². The number of carbonyl (C=O) groups is 1. The quantitative estimate of drug-likeness (QED) is 0.822. The lowest BCUT2D eigenvalue weighted by molar-refractivity contribution is -0.126. The lowest BCUT2D eigenvalue weighted by atomic mass is 10.0. The van der Waals surface area contributed by atoms with Crippen LogP contribution in [-0.2, 0) is 14.8 Å². The van der Waals surface area contributed by atoms with E-state index in [0.29, 0.717) is 13.0 Å². The number of piperidine rings is 1. The van der Waals surface area contributed by atoms with Gasteiger partial charge in [-0.2, -0.15) is 4.31 Å². The lowest BCUT2D eigenvalue weighted by Crippen LogP contribution is -2.53. The highest BCUT2D eigenvalue weighted by molar-refractivity contribution is 9.10. The van der Waals surface area contributed by atoms with E-state index in [1.165, 1.54) is 4.31 Å². The SMILES string of the molecule is CCC(C)NC(=O)C1CCCCN1S(=O)(=O)c1ccc(Br)cc1. The predicted molar refractivity (Wildman–Crippen MR) is 93.6 cm³/mol. The number of rotatable bonds is 5. The minimum absolute atomic E-state index is 0.0432. The highest BCUT2D eigenvalue weighted by Crippen LogP contribution is 2.26. The van der Waals surface area contributed by atoms with Gasteiger partial charge in [-0.1, -0.05) is 29.3 Å². The summed E-state index contributed by atoms with van der Waals surface area (Å²) in [6.45, 7) is 4.30. The van der Waals surface area contributed by atoms with Gasteiger partial charge < -0.3 is 5.32 Å². The zero-order chi connectivity index (χ0) is 17.0. The molecular weight excluding hydrogens is 380 g/mol. The third-order valence-electron chi connectivity index (χ3n) is 4.18. The van der Waals surface area contributed by atoms with Crippen molar-refractivity contribution in [2.45, 2.75) is 56.5 Å². The fourth-order valence-corrected chi connectivity index (χ4v) is 4.56. The first-order valence-electron chi connectivity index (χ1n) is 7.94. The van der Waals surface area contributed by atoms with E-state index >= 15 is 0 Å². The molecule has 1 aliphatic heterocycles. The number of hydrogen-bond donors (Lipinski definition) is 1. The molecule has 2 unspecified atom stereocenters. The van der Waals surface area contributed by atoms with E-state index in [0.717, 1.165) is 23.7 Å². The molecule has 0 radical (unpaired) electrons. The zero-order valence-corrected chi connectivity index (χ0v) is 15.9. The number of sulfonamides is 1. The Morgan fingerprint density at radius 1 is 1.35 bits per heavy atom. The van der Waals surface area contributed by atoms with Gasteiger partial charge in [-0.05, 0) is 50.5 Å². The number of halogens is 1. The molecule has 128 valence electrons. The molecule has 1 aliphatic rings. The fourth-order valence-electron chi connectivity index (χ4n) is 2.64. The van der Waals surface area contributed by atoms with E-state index in [2.05, 4.69) is 21.2 Å². The Bertz CT molecular complexity index is 646. The van der Waals surface area contributed by atoms with Crippen LogP contribution in [0, 0.1) is 0 Å². The van der Waals surface area contributed by atoms with Gasteiger partial charge in [0.1, 0.15) is 6.04 Å². The number of amides is 1. The largest absolute Gasteiger partial charge is 0.352 e. The summed E-state index contributed by atoms with van der Waals surface area (Å²) in [6, 6.07) is 5.96. The summed E-state index contributed by atoms with van der Waals surface area (Å²) in [5, 5.41) is 2.91. The van der Waals surface area contributed by atoms with Gasteiger partial charge in [0.15, 0.2) is 0 Å². The molecule has 1 aromatic carbocycles. The minimum Gasteiger partial charge on any atom is -0.352 e. The zero-order valence-electron chi connectivity index (χ0n) is 13.5. The van der Waals surface area contributed by atoms with Gasteiger partial charge >= 0.3 is 0 Å². The van der Waals surface area contributed by atoms with E-state index < -0.39 is 16.1 Å². The fraction of sp³-hybridized carbons (Fsp3) is 0.562. The highest BCUT2D eigenvalue weighted by Gasteiger charge is 2.37. The van der Waals surface area contributed by atoms with Crippen LogP contribution in [0.25, 0.3) is 0 Å². The summed E-state index contributed by atoms with van der Waals surface area (Å²) in [7, 11) is -3.66. The second-order valence-electron chi connectivity index (χ2n) is 5.90. The van der Waals surface area contributed by atoms with Crippen LogP contribution in [0.1, 0.15) is 39.5 Å². The van der Waals surface area contributed by atoms with Crippen LogP contribution in [0.5, 0.6) is 0 Å². The second kappa shape index (κ2) is 7.77. The molecular formula is C16H23BrN2O3S. The average Bonchev–Trinajstić information content (AvgIpc) is 2.55. The van der Waals surface area contributed by atoms with Gasteiger partial charge in [-0.25, -0.2) is 8.42 Å². The summed E-state index contributed by atoms with van der Waals surface area (Å²) < 4.78 is 28.0. The van der Waals surface area contributed by atoms with Crippen molar-refractivity contribution >= 4 is 31.9 Å². The van der Waals surface area contributed by atoms with Crippen LogP contribution in [0.3, 0.4) is 0 Å². The third-order valence-corrected chi connectivity index (χ3v) is 6.63. The molecule has 0 aliphatic carbocycles. The van der Waals surface area contributed by atoms with Crippen LogP contribution < -0.4 is 5.32 Å². The maximum Gasteiger partial charge on any atom is 0.243 e. The Morgan fingerprint density at radius 3 is 2.61 bits per heavy atom. The molecule has 1 saturated heterocycles. The maximum absolute atomic E-state index is 12.9. The van der Waals surface area contributed by atoms with Crippen LogP contribution in [0.4, 0.5) is 0 Å². The van der Waals surface area contributed by atoms with Crippen LogP contribution in [0.2, 0.25) is 0 Å². The summed E-state index contributed by atoms with van der Waals surface area (Å²) in [5.41, 5.74) is 0. The van der Waals surface area contributed by atoms with Crippen molar-refractivity contribution in [1.29, 1.82) is 0 Å². The van der Waals surface area contributed by atoms with Gasteiger partial charge in [0.05, 0.1) is 4.90 Å². The van der Waals surface area contributed by atoms with E-state index in [9.17, 15) is 13.2 Å². The first-order valence-corrected chi connectivity index (χ1v) is 10.2. The number of nitrogens with one attached hydrogen (secondary N) is 1. The third kappa shape index (κ3) is 4.33. The normalized spacial score (nSPS) is 20.9. The molecule has 1 fully saturated rings. The van der Waals surface area contributed by atoms with Crippen molar-refractivity contribution in [3.05, 3.63) is 28.7 Å². The van der Waals surface area contributed by atoms with Crippen LogP contribution in [-0.4, -0.2) is 37.3 Å².